The van der Waals surface area contributed by atoms with Gasteiger partial charge in [-0.05, 0) is 24.4 Å². The number of aromatic amines is 1. The van der Waals surface area contributed by atoms with Gasteiger partial charge in [-0.25, -0.2) is 4.79 Å². The number of carbonyl (C=O) groups excluding carboxylic acids is 1. The Morgan fingerprint density at radius 2 is 2.12 bits per heavy atom. The predicted octanol–water partition coefficient (Wildman–Crippen LogP) is 3.49. The van der Waals surface area contributed by atoms with Gasteiger partial charge in [-0.2, -0.15) is 4.68 Å². The number of para-hydroxylation sites is 1. The number of ketones is 1. The van der Waals surface area contributed by atoms with E-state index in [-0.39, 0.29) is 11.7 Å². The summed E-state index contributed by atoms with van der Waals surface area (Å²) in [5, 5.41) is 6.87. The Kier molecular flexibility index (Phi) is 3.42. The Balaban J connectivity index is 1.72. The number of hydrogen-bond donors (Lipinski definition) is 1. The fraction of sp³-hybridized carbons (Fsp3) is 0.118. The van der Waals surface area contributed by atoms with Crippen LogP contribution in [0.3, 0.4) is 0 Å². The molecule has 0 saturated carbocycles. The van der Waals surface area contributed by atoms with Crippen LogP contribution in [0.15, 0.2) is 57.2 Å². The zero-order valence-electron chi connectivity index (χ0n) is 12.7. The highest BCUT2D eigenvalue weighted by atomic mass is 32.1. The fourth-order valence-electron chi connectivity index (χ4n) is 2.64. The van der Waals surface area contributed by atoms with Crippen LogP contribution >= 0.6 is 11.3 Å². The van der Waals surface area contributed by atoms with Crippen LogP contribution in [0, 0.1) is 0 Å². The molecule has 0 fully saturated rings. The second-order valence-corrected chi connectivity index (χ2v) is 6.33. The van der Waals surface area contributed by atoms with E-state index < -0.39 is 11.8 Å². The third kappa shape index (κ3) is 2.30. The minimum Gasteiger partial charge on any atom is -0.387 e. The van der Waals surface area contributed by atoms with E-state index in [1.165, 1.54) is 11.3 Å². The van der Waals surface area contributed by atoms with Crippen molar-refractivity contribution in [1.29, 1.82) is 0 Å². The molecule has 0 unspecified atom stereocenters. The van der Waals surface area contributed by atoms with Crippen molar-refractivity contribution in [3.05, 3.63) is 64.1 Å². The Morgan fingerprint density at radius 3 is 2.92 bits per heavy atom. The monoisotopic (exact) mass is 339 g/mol. The van der Waals surface area contributed by atoms with E-state index in [1.807, 2.05) is 41.8 Å². The van der Waals surface area contributed by atoms with Crippen LogP contribution < -0.4 is 5.76 Å². The van der Waals surface area contributed by atoms with Crippen molar-refractivity contribution in [3.63, 3.8) is 0 Å². The number of Topliss-reactive ketones (excluding diaryl/α,β-unsaturated/α-hetero) is 1. The van der Waals surface area contributed by atoms with Gasteiger partial charge in [0.1, 0.15) is 6.04 Å². The average Bonchev–Trinajstić information content (AvgIpc) is 3.32. The second-order valence-electron chi connectivity index (χ2n) is 5.38. The maximum absolute atomic E-state index is 12.8. The molecule has 3 aromatic heterocycles. The molecule has 3 heterocycles. The first-order valence-corrected chi connectivity index (χ1v) is 8.27. The van der Waals surface area contributed by atoms with Gasteiger partial charge in [-0.1, -0.05) is 24.3 Å². The molecular weight excluding hydrogens is 326 g/mol. The van der Waals surface area contributed by atoms with Gasteiger partial charge in [0.05, 0.1) is 4.88 Å². The topological polar surface area (TPSA) is 80.9 Å². The van der Waals surface area contributed by atoms with Crippen LogP contribution in [0.25, 0.3) is 21.7 Å². The van der Waals surface area contributed by atoms with E-state index in [0.29, 0.717) is 5.56 Å². The number of nitrogens with one attached hydrogen (secondary N) is 1. The van der Waals surface area contributed by atoms with E-state index in [9.17, 15) is 9.59 Å². The number of rotatable bonds is 4. The van der Waals surface area contributed by atoms with Crippen LogP contribution in [-0.4, -0.2) is 20.5 Å². The number of benzene rings is 1. The largest absolute Gasteiger partial charge is 0.438 e. The lowest BCUT2D eigenvalue weighted by molar-refractivity contribution is 0.0925. The Hall–Kier alpha value is -2.93. The first kappa shape index (κ1) is 14.6. The molecule has 6 nitrogen and oxygen atoms in total. The van der Waals surface area contributed by atoms with Crippen LogP contribution in [0.5, 0.6) is 0 Å². The standard InChI is InChI=1S/C17H13N3O3S/c1-10(15(21)12-9-18-13-6-3-2-5-11(12)13)20-17(22)23-16(19-20)14-7-4-8-24-14/h2-10,18H,1H3/t10-/m1/s1. The van der Waals surface area contributed by atoms with Gasteiger partial charge in [-0.3, -0.25) is 4.79 Å². The summed E-state index contributed by atoms with van der Waals surface area (Å²) < 4.78 is 6.28. The van der Waals surface area contributed by atoms with Gasteiger partial charge in [0.25, 0.3) is 5.89 Å². The van der Waals surface area contributed by atoms with Gasteiger partial charge >= 0.3 is 5.76 Å². The number of aromatic nitrogens is 3. The molecule has 0 aliphatic heterocycles. The third-order valence-electron chi connectivity index (χ3n) is 3.90. The van der Waals surface area contributed by atoms with Crippen LogP contribution in [0.1, 0.15) is 23.3 Å². The van der Waals surface area contributed by atoms with Gasteiger partial charge in [0, 0.05) is 22.7 Å². The maximum Gasteiger partial charge on any atom is 0.438 e. The highest BCUT2D eigenvalue weighted by molar-refractivity contribution is 7.13. The molecule has 0 aliphatic rings. The zero-order chi connectivity index (χ0) is 16.7. The molecule has 4 aromatic rings. The third-order valence-corrected chi connectivity index (χ3v) is 4.76. The molecule has 4 rings (SSSR count). The summed E-state index contributed by atoms with van der Waals surface area (Å²) in [6.45, 7) is 1.65. The maximum atomic E-state index is 12.8. The van der Waals surface area contributed by atoms with Crippen molar-refractivity contribution in [2.45, 2.75) is 13.0 Å². The summed E-state index contributed by atoms with van der Waals surface area (Å²) >= 11 is 1.42. The minimum atomic E-state index is -0.755. The van der Waals surface area contributed by atoms with Gasteiger partial charge in [0.2, 0.25) is 0 Å². The van der Waals surface area contributed by atoms with Crippen LogP contribution in [0.4, 0.5) is 0 Å². The highest BCUT2D eigenvalue weighted by Crippen LogP contribution is 2.24. The molecular formula is C17H13N3O3S. The molecule has 1 atom stereocenters. The molecule has 0 radical (unpaired) electrons. The van der Waals surface area contributed by atoms with Crippen molar-refractivity contribution in [2.75, 3.05) is 0 Å². The van der Waals surface area contributed by atoms with E-state index in [0.717, 1.165) is 20.5 Å². The molecule has 0 spiro atoms. The number of thiophene rings is 1. The van der Waals surface area contributed by atoms with E-state index >= 15 is 0 Å². The van der Waals surface area contributed by atoms with Gasteiger partial charge in [0.15, 0.2) is 5.78 Å². The van der Waals surface area contributed by atoms with Crippen molar-refractivity contribution in [1.82, 2.24) is 14.8 Å². The Labute approximate surface area is 140 Å². The fourth-order valence-corrected chi connectivity index (χ4v) is 3.29. The highest BCUT2D eigenvalue weighted by Gasteiger charge is 2.24. The zero-order valence-corrected chi connectivity index (χ0v) is 13.5. The molecule has 1 aromatic carbocycles. The first-order valence-electron chi connectivity index (χ1n) is 7.39. The number of hydrogen-bond acceptors (Lipinski definition) is 5. The molecule has 0 aliphatic carbocycles. The molecule has 0 saturated heterocycles. The molecule has 1 N–H and O–H groups in total. The smallest absolute Gasteiger partial charge is 0.387 e. The lowest BCUT2D eigenvalue weighted by Crippen LogP contribution is -2.26. The van der Waals surface area contributed by atoms with Crippen molar-refractivity contribution in [3.8, 4) is 10.8 Å². The summed E-state index contributed by atoms with van der Waals surface area (Å²) in [6, 6.07) is 10.4. The minimum absolute atomic E-state index is 0.194. The van der Waals surface area contributed by atoms with E-state index in [4.69, 9.17) is 4.42 Å². The predicted molar refractivity (Wildman–Crippen MR) is 91.4 cm³/mol. The van der Waals surface area contributed by atoms with Crippen molar-refractivity contribution < 1.29 is 9.21 Å². The molecule has 7 heteroatoms. The summed E-state index contributed by atoms with van der Waals surface area (Å²) in [6.07, 6.45) is 1.66. The SMILES string of the molecule is C[C@H](C(=O)c1c[nH]c2ccccc12)n1nc(-c2cccs2)oc1=O. The normalized spacial score (nSPS) is 12.5. The van der Waals surface area contributed by atoms with Crippen molar-refractivity contribution in [2.24, 2.45) is 0 Å². The van der Waals surface area contributed by atoms with E-state index in [2.05, 4.69) is 10.1 Å². The molecule has 0 bridgehead atoms. The number of fused-ring (bicyclic) bond motifs is 1. The summed E-state index contributed by atoms with van der Waals surface area (Å²) in [5.74, 6) is -0.603. The van der Waals surface area contributed by atoms with E-state index in [1.54, 1.807) is 13.1 Å². The first-order chi connectivity index (χ1) is 11.6. The van der Waals surface area contributed by atoms with Gasteiger partial charge in [-0.15, -0.1) is 16.4 Å². The lowest BCUT2D eigenvalue weighted by atomic mass is 10.0. The molecule has 120 valence electrons. The molecule has 24 heavy (non-hydrogen) atoms. The lowest BCUT2D eigenvalue weighted by Gasteiger charge is -2.07. The van der Waals surface area contributed by atoms with Crippen molar-refractivity contribution >= 4 is 28.0 Å². The summed E-state index contributed by atoms with van der Waals surface area (Å²) in [4.78, 5) is 28.7. The van der Waals surface area contributed by atoms with Gasteiger partial charge < -0.3 is 9.40 Å². The second kappa shape index (κ2) is 5.61. The average molecular weight is 339 g/mol. The summed E-state index contributed by atoms with van der Waals surface area (Å²) in [5.41, 5.74) is 1.41. The summed E-state index contributed by atoms with van der Waals surface area (Å²) in [7, 11) is 0. The number of H-pyrrole nitrogens is 1. The van der Waals surface area contributed by atoms with Crippen LogP contribution in [-0.2, 0) is 0 Å². The Bertz CT molecular complexity index is 1070. The number of nitrogens with zero attached hydrogens (tertiary/aromatic N) is 2. The number of carbonyl (C=O) groups is 1. The quantitative estimate of drug-likeness (QED) is 0.577. The molecule has 0 amide bonds. The Morgan fingerprint density at radius 1 is 1.29 bits per heavy atom. The van der Waals surface area contributed by atoms with Crippen LogP contribution in [0.2, 0.25) is 0 Å².